The van der Waals surface area contributed by atoms with Gasteiger partial charge in [-0.05, 0) is 24.6 Å². The zero-order valence-corrected chi connectivity index (χ0v) is 12.6. The van der Waals surface area contributed by atoms with Crippen LogP contribution in [0, 0.1) is 0 Å². The largest absolute Gasteiger partial charge is 0.391 e. The molecule has 0 aromatic carbocycles. The molecule has 0 spiro atoms. The van der Waals surface area contributed by atoms with Gasteiger partial charge >= 0.3 is 6.72 Å². The van der Waals surface area contributed by atoms with Crippen LogP contribution in [-0.2, 0) is 21.1 Å². The Morgan fingerprint density at radius 1 is 1.52 bits per heavy atom. The molecular weight excluding hydrogens is 321 g/mol. The Hall–Kier alpha value is -1.23. The van der Waals surface area contributed by atoms with Gasteiger partial charge < -0.3 is 35.8 Å². The highest BCUT2D eigenvalue weighted by molar-refractivity contribution is 8.06. The maximum absolute atomic E-state index is 11.4. The first-order chi connectivity index (χ1) is 9.74. The van der Waals surface area contributed by atoms with Crippen molar-refractivity contribution in [1.29, 1.82) is 0 Å². The molecule has 2 heterocycles. The van der Waals surface area contributed by atoms with Crippen LogP contribution in [0.5, 0.6) is 0 Å². The molecule has 1 fully saturated rings. The van der Waals surface area contributed by atoms with E-state index >= 15 is 0 Å². The van der Waals surface area contributed by atoms with Crippen LogP contribution < -0.4 is 22.3 Å². The Morgan fingerprint density at radius 3 is 2.90 bits per heavy atom. The molecule has 12 heteroatoms. The maximum atomic E-state index is 11.4. The summed E-state index contributed by atoms with van der Waals surface area (Å²) in [7, 11) is 0. The minimum absolute atomic E-state index is 0.0249. The van der Waals surface area contributed by atoms with Crippen molar-refractivity contribution >= 4 is 36.0 Å². The van der Waals surface area contributed by atoms with Gasteiger partial charge in [0.2, 0.25) is 5.95 Å². The van der Waals surface area contributed by atoms with Gasteiger partial charge in [-0.1, -0.05) is 0 Å². The molecule has 0 aliphatic carbocycles. The smallest absolute Gasteiger partial charge is 0.321 e. The monoisotopic (exact) mass is 337 g/mol. The first kappa shape index (κ1) is 16.1. The zero-order valence-electron chi connectivity index (χ0n) is 10.9. The number of aromatic amines is 1. The highest BCUT2D eigenvalue weighted by atomic mass is 32.5. The Morgan fingerprint density at radius 2 is 2.24 bits per heavy atom. The molecule has 2 unspecified atom stereocenters. The van der Waals surface area contributed by atoms with E-state index in [1.807, 2.05) is 0 Å². The second-order valence-electron chi connectivity index (χ2n) is 4.47. The Labute approximate surface area is 124 Å². The molecule has 2 rings (SSSR count). The lowest BCUT2D eigenvalue weighted by molar-refractivity contribution is 0.0267. The normalized spacial score (nSPS) is 22.4. The van der Waals surface area contributed by atoms with Gasteiger partial charge in [-0.15, -0.1) is 0 Å². The average Bonchev–Trinajstić information content (AvgIpc) is 2.80. The summed E-state index contributed by atoms with van der Waals surface area (Å²) in [6.45, 7) is -3.71. The highest BCUT2D eigenvalue weighted by Gasteiger charge is 2.27. The molecule has 1 aliphatic heterocycles. The predicted molar refractivity (Wildman–Crippen MR) is 79.9 cm³/mol. The minimum Gasteiger partial charge on any atom is -0.391 e. The number of ether oxygens (including phenoxy) is 1. The van der Waals surface area contributed by atoms with Gasteiger partial charge in [0.1, 0.15) is 11.9 Å². The van der Waals surface area contributed by atoms with Crippen LogP contribution in [0.25, 0.3) is 0 Å². The summed E-state index contributed by atoms with van der Waals surface area (Å²) >= 11 is 4.35. The molecule has 0 saturated carbocycles. The van der Waals surface area contributed by atoms with E-state index in [0.717, 1.165) is 0 Å². The van der Waals surface area contributed by atoms with Crippen molar-refractivity contribution in [2.45, 2.75) is 25.2 Å². The second kappa shape index (κ2) is 6.26. The molecule has 118 valence electrons. The second-order valence-corrected chi connectivity index (χ2v) is 7.13. The zero-order chi connectivity index (χ0) is 15.6. The van der Waals surface area contributed by atoms with Gasteiger partial charge in [0, 0.05) is 0 Å². The number of anilines is 3. The summed E-state index contributed by atoms with van der Waals surface area (Å²) in [6.07, 6.45) is 0.433. The van der Waals surface area contributed by atoms with Crippen molar-refractivity contribution in [1.82, 2.24) is 9.97 Å². The average molecular weight is 337 g/mol. The van der Waals surface area contributed by atoms with E-state index in [0.29, 0.717) is 12.8 Å². The van der Waals surface area contributed by atoms with Gasteiger partial charge in [0.05, 0.1) is 12.7 Å². The highest BCUT2D eigenvalue weighted by Crippen LogP contribution is 2.37. The van der Waals surface area contributed by atoms with Gasteiger partial charge in [-0.2, -0.15) is 4.98 Å². The van der Waals surface area contributed by atoms with Crippen LogP contribution in [0.2, 0.25) is 0 Å². The molecule has 0 radical (unpaired) electrons. The summed E-state index contributed by atoms with van der Waals surface area (Å²) < 4.78 is 10.3. The van der Waals surface area contributed by atoms with Crippen LogP contribution in [-0.4, -0.2) is 38.7 Å². The number of hydrogen-bond acceptors (Lipinski definition) is 8. The fourth-order valence-corrected chi connectivity index (χ4v) is 2.42. The molecule has 0 bridgehead atoms. The van der Waals surface area contributed by atoms with Crippen LogP contribution in [0.15, 0.2) is 4.79 Å². The summed E-state index contributed by atoms with van der Waals surface area (Å²) in [5.74, 6) is 0.0769. The number of nitrogens with zero attached hydrogens (tertiary/aromatic N) is 1. The van der Waals surface area contributed by atoms with E-state index in [1.165, 1.54) is 0 Å². The fourth-order valence-electron chi connectivity index (χ4n) is 1.88. The SMILES string of the molecule is Nc1nc(NC2CCC(COP(O)(O)=S)O2)c(N)c(=O)[nH]1. The first-order valence-electron chi connectivity index (χ1n) is 6.02. The first-order valence-corrected chi connectivity index (χ1v) is 8.64. The summed E-state index contributed by atoms with van der Waals surface area (Å²) in [6, 6.07) is 0. The van der Waals surface area contributed by atoms with E-state index in [4.69, 9.17) is 30.5 Å². The predicted octanol–water partition coefficient (Wildman–Crippen LogP) is -0.923. The van der Waals surface area contributed by atoms with Crippen LogP contribution in [0.1, 0.15) is 12.8 Å². The number of hydrogen-bond donors (Lipinski definition) is 6. The van der Waals surface area contributed by atoms with Crippen LogP contribution in [0.3, 0.4) is 0 Å². The molecule has 2 atom stereocenters. The molecule has 21 heavy (non-hydrogen) atoms. The number of nitrogens with one attached hydrogen (secondary N) is 2. The number of H-pyrrole nitrogens is 1. The van der Waals surface area contributed by atoms with Crippen molar-refractivity contribution < 1.29 is 19.0 Å². The third-order valence-electron chi connectivity index (χ3n) is 2.81. The molecule has 1 aromatic heterocycles. The van der Waals surface area contributed by atoms with E-state index in [9.17, 15) is 4.79 Å². The Bertz CT molecular complexity index is 619. The molecule has 1 aromatic rings. The minimum atomic E-state index is -3.69. The van der Waals surface area contributed by atoms with Crippen LogP contribution >= 0.6 is 6.72 Å². The molecule has 1 aliphatic rings. The fraction of sp³-hybridized carbons (Fsp3) is 0.556. The summed E-state index contributed by atoms with van der Waals surface area (Å²) in [5.41, 5.74) is 10.4. The lowest BCUT2D eigenvalue weighted by atomic mass is 10.2. The molecule has 0 amide bonds. The number of nitrogens with two attached hydrogens (primary N) is 2. The van der Waals surface area contributed by atoms with E-state index < -0.39 is 18.5 Å². The van der Waals surface area contributed by atoms with E-state index in [1.54, 1.807) is 0 Å². The molecule has 10 nitrogen and oxygen atoms in total. The Kier molecular flexibility index (Phi) is 4.81. The molecular formula is C9H16N5O5PS. The quantitative estimate of drug-likeness (QED) is 0.369. The van der Waals surface area contributed by atoms with Crippen molar-refractivity contribution in [3.8, 4) is 0 Å². The third kappa shape index (κ3) is 4.63. The number of rotatable bonds is 5. The molecule has 8 N–H and O–H groups in total. The van der Waals surface area contributed by atoms with Crippen molar-refractivity contribution in [2.75, 3.05) is 23.4 Å². The third-order valence-corrected chi connectivity index (χ3v) is 3.61. The standard InChI is InChI=1S/C9H16N5O5PS/c10-6-7(13-9(11)14-8(6)15)12-5-2-1-4(19-5)3-18-20(16,17)21/h4-5H,1-3,10H2,(H2,16,17,21)(H4,11,12,13,14,15). The van der Waals surface area contributed by atoms with Crippen molar-refractivity contribution in [3.05, 3.63) is 10.4 Å². The Balaban J connectivity index is 1.94. The van der Waals surface area contributed by atoms with E-state index in [2.05, 4.69) is 27.1 Å². The van der Waals surface area contributed by atoms with Crippen molar-refractivity contribution in [2.24, 2.45) is 0 Å². The number of nitrogen functional groups attached to an aromatic ring is 2. The van der Waals surface area contributed by atoms with Gasteiger partial charge in [-0.3, -0.25) is 9.78 Å². The lowest BCUT2D eigenvalue weighted by Gasteiger charge is -2.17. The topological polar surface area (TPSA) is 169 Å². The lowest BCUT2D eigenvalue weighted by Crippen LogP contribution is -2.26. The summed E-state index contributed by atoms with van der Waals surface area (Å²) in [4.78, 5) is 35.6. The maximum Gasteiger partial charge on any atom is 0.321 e. The molecule has 1 saturated heterocycles. The van der Waals surface area contributed by atoms with Crippen LogP contribution in [0.4, 0.5) is 17.5 Å². The van der Waals surface area contributed by atoms with Gasteiger partial charge in [0.15, 0.2) is 5.82 Å². The van der Waals surface area contributed by atoms with Gasteiger partial charge in [0.25, 0.3) is 5.56 Å². The number of aromatic nitrogens is 2. The van der Waals surface area contributed by atoms with Crippen molar-refractivity contribution in [3.63, 3.8) is 0 Å². The van der Waals surface area contributed by atoms with E-state index in [-0.39, 0.29) is 30.2 Å². The summed E-state index contributed by atoms with van der Waals surface area (Å²) in [5, 5.41) is 2.86. The van der Waals surface area contributed by atoms with Gasteiger partial charge in [-0.25, -0.2) is 0 Å².